The fourth-order valence-corrected chi connectivity index (χ4v) is 0.689. The van der Waals surface area contributed by atoms with Crippen molar-refractivity contribution >= 4 is 7.41 Å². The largest absolute Gasteiger partial charge is 0.374 e. The smallest absolute Gasteiger partial charge is 0.202 e. The lowest BCUT2D eigenvalue weighted by Crippen LogP contribution is -2.02. The molecule has 0 saturated carbocycles. The van der Waals surface area contributed by atoms with Crippen LogP contribution in [0.15, 0.2) is 0 Å². The lowest BCUT2D eigenvalue weighted by molar-refractivity contribution is 0.700. The van der Waals surface area contributed by atoms with E-state index in [-0.39, 0.29) is 0 Å². The average molecular weight is 112 g/mol. The van der Waals surface area contributed by atoms with E-state index in [0.717, 1.165) is 6.32 Å². The highest BCUT2D eigenvalue weighted by molar-refractivity contribution is 6.30. The van der Waals surface area contributed by atoms with Gasteiger partial charge in [-0.25, -0.2) is 0 Å². The van der Waals surface area contributed by atoms with E-state index in [9.17, 15) is 0 Å². The lowest BCUT2D eigenvalue weighted by Gasteiger charge is -1.92. The first-order valence-corrected chi connectivity index (χ1v) is 3.45. The molecule has 8 heavy (non-hydrogen) atoms. The molecule has 2 heteroatoms. The van der Waals surface area contributed by atoms with Gasteiger partial charge in [-0.15, -0.1) is 0 Å². The molecule has 0 aliphatic heterocycles. The fourth-order valence-electron chi connectivity index (χ4n) is 0.689. The predicted molar refractivity (Wildman–Crippen MR) is 38.9 cm³/mol. The topological polar surface area (TPSA) is 26.0 Å². The molecule has 0 aromatic carbocycles. The third-order valence-electron chi connectivity index (χ3n) is 1.22. The highest BCUT2D eigenvalue weighted by atomic mass is 14.3. The molecule has 0 amide bonds. The van der Waals surface area contributed by atoms with Gasteiger partial charge in [0.2, 0.25) is 7.41 Å². The summed E-state index contributed by atoms with van der Waals surface area (Å²) in [5, 5.41) is 0. The van der Waals surface area contributed by atoms with Crippen molar-refractivity contribution in [2.45, 2.75) is 38.9 Å². The Hall–Kier alpha value is 0.0249. The molecule has 0 aromatic rings. The lowest BCUT2D eigenvalue weighted by atomic mass is 9.88. The molecule has 0 saturated heterocycles. The normalized spacial score (nSPS) is 9.25. The minimum absolute atomic E-state index is 1.08. The maximum atomic E-state index is 5.19. The van der Waals surface area contributed by atoms with Gasteiger partial charge in [-0.3, -0.25) is 0 Å². The van der Waals surface area contributed by atoms with Crippen LogP contribution < -0.4 is 5.64 Å². The Morgan fingerprint density at radius 2 is 2.00 bits per heavy atom. The number of hydrogen-bond donors (Lipinski definition) is 1. The molecule has 0 fully saturated rings. The minimum Gasteiger partial charge on any atom is -0.374 e. The Bertz CT molecular complexity index is 33.5. The van der Waals surface area contributed by atoms with E-state index in [1.807, 2.05) is 0 Å². The molecular formula is C6H15BN. The molecule has 0 aromatic heterocycles. The molecule has 0 heterocycles. The Morgan fingerprint density at radius 3 is 2.50 bits per heavy atom. The van der Waals surface area contributed by atoms with Crippen molar-refractivity contribution in [1.82, 2.24) is 0 Å². The maximum Gasteiger partial charge on any atom is 0.202 e. The second kappa shape index (κ2) is 7.02. The van der Waals surface area contributed by atoms with Gasteiger partial charge in [0, 0.05) is 0 Å². The van der Waals surface area contributed by atoms with Crippen LogP contribution in [0.2, 0.25) is 6.32 Å². The molecule has 0 aliphatic rings. The zero-order valence-corrected chi connectivity index (χ0v) is 5.69. The Balaban J connectivity index is 2.53. The zero-order valence-electron chi connectivity index (χ0n) is 5.69. The van der Waals surface area contributed by atoms with Gasteiger partial charge < -0.3 is 5.64 Å². The van der Waals surface area contributed by atoms with Crippen molar-refractivity contribution in [1.29, 1.82) is 0 Å². The van der Waals surface area contributed by atoms with Crippen LogP contribution >= 0.6 is 0 Å². The van der Waals surface area contributed by atoms with Crippen LogP contribution in [-0.2, 0) is 0 Å². The van der Waals surface area contributed by atoms with Crippen molar-refractivity contribution in [3.8, 4) is 0 Å². The van der Waals surface area contributed by atoms with Crippen LogP contribution in [0.1, 0.15) is 32.6 Å². The van der Waals surface area contributed by atoms with E-state index < -0.39 is 0 Å². The van der Waals surface area contributed by atoms with Crippen molar-refractivity contribution in [3.05, 3.63) is 0 Å². The maximum absolute atomic E-state index is 5.19. The number of hydrogen-bond acceptors (Lipinski definition) is 1. The molecule has 2 N–H and O–H groups in total. The first-order chi connectivity index (χ1) is 3.91. The van der Waals surface area contributed by atoms with Crippen molar-refractivity contribution in [2.75, 3.05) is 0 Å². The van der Waals surface area contributed by atoms with Crippen molar-refractivity contribution < 1.29 is 0 Å². The van der Waals surface area contributed by atoms with E-state index in [2.05, 4.69) is 6.92 Å². The van der Waals surface area contributed by atoms with Crippen LogP contribution in [0.4, 0.5) is 0 Å². The molecule has 0 rings (SSSR count). The standard InChI is InChI=1S/C6H15BN/c1-2-3-4-5-6-7-8/h2-6,8H2,1H3. The average Bonchev–Trinajstić information content (AvgIpc) is 1.81. The molecular weight excluding hydrogens is 96.9 g/mol. The van der Waals surface area contributed by atoms with Crippen LogP contribution in [0.25, 0.3) is 0 Å². The Kier molecular flexibility index (Phi) is 7.05. The van der Waals surface area contributed by atoms with E-state index in [1.54, 1.807) is 7.41 Å². The molecule has 0 spiro atoms. The number of nitrogens with two attached hydrogens (primary N) is 1. The summed E-state index contributed by atoms with van der Waals surface area (Å²) in [6.07, 6.45) is 6.35. The summed E-state index contributed by atoms with van der Waals surface area (Å²) in [5.41, 5.74) is 5.19. The van der Waals surface area contributed by atoms with Gasteiger partial charge in [0.15, 0.2) is 0 Å². The summed E-state index contributed by atoms with van der Waals surface area (Å²) < 4.78 is 0. The van der Waals surface area contributed by atoms with Gasteiger partial charge in [0.25, 0.3) is 0 Å². The quantitative estimate of drug-likeness (QED) is 0.423. The molecule has 1 radical (unpaired) electrons. The SMILES string of the molecule is CCCCCC[B]N. The second-order valence-corrected chi connectivity index (χ2v) is 2.09. The number of unbranched alkanes of at least 4 members (excludes halogenated alkanes) is 3. The van der Waals surface area contributed by atoms with Crippen molar-refractivity contribution in [3.63, 3.8) is 0 Å². The van der Waals surface area contributed by atoms with Gasteiger partial charge in [0.05, 0.1) is 0 Å². The molecule has 0 unspecified atom stereocenters. The van der Waals surface area contributed by atoms with Gasteiger partial charge in [-0.2, -0.15) is 0 Å². The summed E-state index contributed by atoms with van der Waals surface area (Å²) in [5.74, 6) is 0. The van der Waals surface area contributed by atoms with E-state index in [4.69, 9.17) is 5.64 Å². The Labute approximate surface area is 52.9 Å². The molecule has 0 aliphatic carbocycles. The van der Waals surface area contributed by atoms with Gasteiger partial charge in [-0.05, 0) is 0 Å². The van der Waals surface area contributed by atoms with Gasteiger partial charge in [-0.1, -0.05) is 38.9 Å². The Morgan fingerprint density at radius 1 is 1.25 bits per heavy atom. The summed E-state index contributed by atoms with van der Waals surface area (Å²) in [6.45, 7) is 2.21. The van der Waals surface area contributed by atoms with Crippen LogP contribution in [-0.4, -0.2) is 7.41 Å². The summed E-state index contributed by atoms with van der Waals surface area (Å²) in [4.78, 5) is 0. The third kappa shape index (κ3) is 6.02. The summed E-state index contributed by atoms with van der Waals surface area (Å²) in [6, 6.07) is 0. The first-order valence-electron chi connectivity index (χ1n) is 3.45. The van der Waals surface area contributed by atoms with E-state index in [1.165, 1.54) is 25.7 Å². The monoisotopic (exact) mass is 112 g/mol. The molecule has 47 valence electrons. The molecule has 0 bridgehead atoms. The summed E-state index contributed by atoms with van der Waals surface area (Å²) in [7, 11) is 1.75. The summed E-state index contributed by atoms with van der Waals surface area (Å²) >= 11 is 0. The highest BCUT2D eigenvalue weighted by Crippen LogP contribution is 2.00. The van der Waals surface area contributed by atoms with E-state index in [0.29, 0.717) is 0 Å². The molecule has 0 atom stereocenters. The second-order valence-electron chi connectivity index (χ2n) is 2.09. The zero-order chi connectivity index (χ0) is 6.24. The fraction of sp³-hybridized carbons (Fsp3) is 1.00. The van der Waals surface area contributed by atoms with Gasteiger partial charge in [0.1, 0.15) is 0 Å². The number of rotatable bonds is 5. The first kappa shape index (κ1) is 8.02. The van der Waals surface area contributed by atoms with Crippen molar-refractivity contribution in [2.24, 2.45) is 5.64 Å². The van der Waals surface area contributed by atoms with Crippen LogP contribution in [0, 0.1) is 0 Å². The van der Waals surface area contributed by atoms with Crippen LogP contribution in [0.5, 0.6) is 0 Å². The van der Waals surface area contributed by atoms with E-state index >= 15 is 0 Å². The minimum atomic E-state index is 1.08. The van der Waals surface area contributed by atoms with Crippen LogP contribution in [0.3, 0.4) is 0 Å². The third-order valence-corrected chi connectivity index (χ3v) is 1.22. The predicted octanol–water partition coefficient (Wildman–Crippen LogP) is 1.56. The molecule has 1 nitrogen and oxygen atoms in total. The van der Waals surface area contributed by atoms with Gasteiger partial charge >= 0.3 is 0 Å². The highest BCUT2D eigenvalue weighted by Gasteiger charge is 1.85.